The number of phosphoric acid groups is 1. The van der Waals surface area contributed by atoms with E-state index in [1.807, 2.05) is 27.2 Å². The normalized spacial score (nSPS) is 14.9. The summed E-state index contributed by atoms with van der Waals surface area (Å²) in [7, 11) is 1.21. The van der Waals surface area contributed by atoms with Crippen LogP contribution in [0.1, 0.15) is 187 Å². The molecule has 0 radical (unpaired) electrons. The third-order valence-corrected chi connectivity index (χ3v) is 11.1. The molecule has 0 spiro atoms. The molecule has 0 aromatic heterocycles. The number of likely N-dealkylation sites (N-methyl/N-ethyl adjacent to an activating group) is 1. The van der Waals surface area contributed by atoms with Crippen molar-refractivity contribution < 1.29 is 32.9 Å². The standard InChI is InChI=1S/C50H91N2O6P/c1-6-8-10-12-14-16-18-20-22-23-24-25-26-27-28-30-31-33-35-37-39-41-43-49(53)48(47-58-59(55,56)57-46-45-52(3,4)5)51-50(54)44-42-40-38-36-34-32-29-21-19-17-15-13-11-9-7-2/h9,11,15,17,21,27-29,33,35,41,43,48-49,53H,6-8,10,12-14,16,18-20,22-26,30-32,34,36-40,42,44-47H2,1-5H3,(H-,51,54,55,56)/b11-9-,17-15-,28-27+,29-21-,35-33+,43-41+. The SMILES string of the molecule is CC/C=C\C/C=C\C/C=C\CCCCCCCC(=O)NC(COP(=O)([O-])OCC[N+](C)(C)C)C(O)/C=C/CC/C=C/CC/C=C/CCCCCCCCCCCCCC. The Kier molecular flexibility index (Phi) is 39.9. The molecule has 0 fully saturated rings. The third kappa shape index (κ3) is 43.8. The summed E-state index contributed by atoms with van der Waals surface area (Å²) in [5.41, 5.74) is 0. The van der Waals surface area contributed by atoms with Gasteiger partial charge in [-0.05, 0) is 77.0 Å². The number of rotatable bonds is 42. The number of aliphatic hydroxyl groups is 1. The summed E-state index contributed by atoms with van der Waals surface area (Å²) in [6.45, 7) is 4.48. The average molecular weight is 847 g/mol. The van der Waals surface area contributed by atoms with Gasteiger partial charge < -0.3 is 28.8 Å². The van der Waals surface area contributed by atoms with Gasteiger partial charge in [-0.2, -0.15) is 0 Å². The summed E-state index contributed by atoms with van der Waals surface area (Å²) in [6, 6.07) is -0.922. The van der Waals surface area contributed by atoms with Gasteiger partial charge in [-0.25, -0.2) is 0 Å². The fourth-order valence-electron chi connectivity index (χ4n) is 6.37. The van der Waals surface area contributed by atoms with E-state index < -0.39 is 26.6 Å². The smallest absolute Gasteiger partial charge is 0.268 e. The summed E-state index contributed by atoms with van der Waals surface area (Å²) in [5.74, 6) is -0.232. The van der Waals surface area contributed by atoms with E-state index in [0.29, 0.717) is 17.4 Å². The summed E-state index contributed by atoms with van der Waals surface area (Å²) < 4.78 is 23.2. The predicted octanol–water partition coefficient (Wildman–Crippen LogP) is 12.9. The monoisotopic (exact) mass is 847 g/mol. The number of aliphatic hydroxyl groups excluding tert-OH is 1. The van der Waals surface area contributed by atoms with Gasteiger partial charge in [0.15, 0.2) is 0 Å². The fourth-order valence-corrected chi connectivity index (χ4v) is 7.10. The van der Waals surface area contributed by atoms with Crippen LogP contribution in [0.3, 0.4) is 0 Å². The second-order valence-electron chi connectivity index (χ2n) is 17.1. The van der Waals surface area contributed by atoms with Crippen LogP contribution in [0, 0.1) is 0 Å². The van der Waals surface area contributed by atoms with E-state index >= 15 is 0 Å². The molecule has 0 aliphatic rings. The molecule has 0 aliphatic heterocycles. The van der Waals surface area contributed by atoms with Crippen LogP contribution in [0.15, 0.2) is 72.9 Å². The lowest BCUT2D eigenvalue weighted by atomic mass is 10.0. The number of allylic oxidation sites excluding steroid dienone is 11. The van der Waals surface area contributed by atoms with Crippen molar-refractivity contribution in [2.45, 2.75) is 199 Å². The summed E-state index contributed by atoms with van der Waals surface area (Å²) in [6.07, 6.45) is 55.3. The number of nitrogens with one attached hydrogen (secondary N) is 1. The van der Waals surface area contributed by atoms with Gasteiger partial charge in [-0.15, -0.1) is 0 Å². The van der Waals surface area contributed by atoms with Crippen molar-refractivity contribution >= 4 is 13.7 Å². The molecule has 0 saturated heterocycles. The number of hydrogen-bond donors (Lipinski definition) is 2. The molecule has 3 atom stereocenters. The Balaban J connectivity index is 4.47. The number of phosphoric ester groups is 1. The van der Waals surface area contributed by atoms with E-state index in [4.69, 9.17) is 9.05 Å². The third-order valence-electron chi connectivity index (χ3n) is 10.1. The van der Waals surface area contributed by atoms with E-state index in [1.165, 1.54) is 83.5 Å². The number of quaternary nitrogens is 1. The molecular formula is C50H91N2O6P. The van der Waals surface area contributed by atoms with Gasteiger partial charge >= 0.3 is 0 Å². The largest absolute Gasteiger partial charge is 0.756 e. The number of unbranched alkanes of at least 4 members (excludes halogenated alkanes) is 19. The van der Waals surface area contributed by atoms with Gasteiger partial charge in [-0.3, -0.25) is 9.36 Å². The van der Waals surface area contributed by atoms with Gasteiger partial charge in [0.25, 0.3) is 7.82 Å². The first kappa shape index (κ1) is 56.9. The molecule has 0 aliphatic carbocycles. The van der Waals surface area contributed by atoms with Gasteiger partial charge in [0, 0.05) is 6.42 Å². The van der Waals surface area contributed by atoms with Gasteiger partial charge in [0.05, 0.1) is 39.9 Å². The Morgan fingerprint density at radius 2 is 1.05 bits per heavy atom. The summed E-state index contributed by atoms with van der Waals surface area (Å²) in [5, 5.41) is 13.8. The Labute approximate surface area is 364 Å². The van der Waals surface area contributed by atoms with Gasteiger partial charge in [0.1, 0.15) is 13.2 Å². The molecule has 59 heavy (non-hydrogen) atoms. The maximum absolute atomic E-state index is 12.9. The maximum atomic E-state index is 12.9. The Hall–Kier alpha value is -2.06. The van der Waals surface area contributed by atoms with E-state index in [9.17, 15) is 19.4 Å². The van der Waals surface area contributed by atoms with Crippen LogP contribution in [0.2, 0.25) is 0 Å². The first-order valence-corrected chi connectivity index (χ1v) is 25.3. The molecular weight excluding hydrogens is 756 g/mol. The second-order valence-corrected chi connectivity index (χ2v) is 18.5. The van der Waals surface area contributed by atoms with E-state index in [0.717, 1.165) is 83.5 Å². The van der Waals surface area contributed by atoms with Crippen LogP contribution in [0.4, 0.5) is 0 Å². The van der Waals surface area contributed by atoms with Crippen molar-refractivity contribution in [3.8, 4) is 0 Å². The number of nitrogens with zero attached hydrogens (tertiary/aromatic N) is 1. The summed E-state index contributed by atoms with van der Waals surface area (Å²) >= 11 is 0. The summed E-state index contributed by atoms with van der Waals surface area (Å²) in [4.78, 5) is 25.3. The van der Waals surface area contributed by atoms with Crippen molar-refractivity contribution in [1.82, 2.24) is 5.32 Å². The van der Waals surface area contributed by atoms with Crippen molar-refractivity contribution in [3.05, 3.63) is 72.9 Å². The van der Waals surface area contributed by atoms with Crippen LogP contribution in [0.25, 0.3) is 0 Å². The molecule has 9 heteroatoms. The number of hydrogen-bond acceptors (Lipinski definition) is 6. The van der Waals surface area contributed by atoms with Crippen LogP contribution in [0.5, 0.6) is 0 Å². The van der Waals surface area contributed by atoms with Crippen molar-refractivity contribution in [2.75, 3.05) is 40.9 Å². The molecule has 3 unspecified atom stereocenters. The lowest BCUT2D eigenvalue weighted by Crippen LogP contribution is -2.45. The molecule has 0 heterocycles. The zero-order valence-corrected chi connectivity index (χ0v) is 39.6. The van der Waals surface area contributed by atoms with Crippen molar-refractivity contribution in [1.29, 1.82) is 0 Å². The van der Waals surface area contributed by atoms with E-state index in [1.54, 1.807) is 6.08 Å². The zero-order chi connectivity index (χ0) is 43.6. The van der Waals surface area contributed by atoms with Crippen molar-refractivity contribution in [3.63, 3.8) is 0 Å². The topological polar surface area (TPSA) is 108 Å². The Bertz CT molecular complexity index is 1190. The minimum Gasteiger partial charge on any atom is -0.756 e. The quantitative estimate of drug-likeness (QED) is 0.0274. The zero-order valence-electron chi connectivity index (χ0n) is 38.7. The van der Waals surface area contributed by atoms with Crippen LogP contribution in [-0.2, 0) is 18.4 Å². The average Bonchev–Trinajstić information content (AvgIpc) is 3.19. The highest BCUT2D eigenvalue weighted by Crippen LogP contribution is 2.38. The van der Waals surface area contributed by atoms with E-state index in [2.05, 4.69) is 79.9 Å². The lowest BCUT2D eigenvalue weighted by molar-refractivity contribution is -0.870. The van der Waals surface area contributed by atoms with Crippen LogP contribution >= 0.6 is 7.82 Å². The molecule has 0 aromatic carbocycles. The van der Waals surface area contributed by atoms with E-state index in [-0.39, 0.29) is 12.5 Å². The molecule has 1 amide bonds. The molecule has 342 valence electrons. The Morgan fingerprint density at radius 3 is 1.58 bits per heavy atom. The molecule has 0 rings (SSSR count). The minimum atomic E-state index is -4.61. The van der Waals surface area contributed by atoms with Crippen LogP contribution < -0.4 is 10.2 Å². The minimum absolute atomic E-state index is 0.0160. The first-order chi connectivity index (χ1) is 28.5. The number of carbonyl (C=O) groups is 1. The highest BCUT2D eigenvalue weighted by molar-refractivity contribution is 7.45. The Morgan fingerprint density at radius 1 is 0.610 bits per heavy atom. The predicted molar refractivity (Wildman–Crippen MR) is 251 cm³/mol. The lowest BCUT2D eigenvalue weighted by Gasteiger charge is -2.29. The molecule has 2 N–H and O–H groups in total. The first-order valence-electron chi connectivity index (χ1n) is 23.8. The highest BCUT2D eigenvalue weighted by atomic mass is 31.2. The fraction of sp³-hybridized carbons (Fsp3) is 0.740. The molecule has 0 aromatic rings. The van der Waals surface area contributed by atoms with Gasteiger partial charge in [-0.1, -0.05) is 177 Å². The molecule has 0 bridgehead atoms. The highest BCUT2D eigenvalue weighted by Gasteiger charge is 2.23. The molecule has 8 nitrogen and oxygen atoms in total. The van der Waals surface area contributed by atoms with Crippen molar-refractivity contribution in [2.24, 2.45) is 0 Å². The van der Waals surface area contributed by atoms with Crippen LogP contribution in [-0.4, -0.2) is 68.5 Å². The number of amides is 1. The van der Waals surface area contributed by atoms with Gasteiger partial charge in [0.2, 0.25) is 5.91 Å². The molecule has 0 saturated carbocycles. The second kappa shape index (κ2) is 41.3. The number of carbonyl (C=O) groups excluding carboxylic acids is 1. The maximum Gasteiger partial charge on any atom is 0.268 e.